The van der Waals surface area contributed by atoms with E-state index in [1.165, 1.54) is 28.2 Å². The van der Waals surface area contributed by atoms with Gasteiger partial charge in [-0.1, -0.05) is 54.6 Å². The highest BCUT2D eigenvalue weighted by Gasteiger charge is 2.04. The van der Waals surface area contributed by atoms with Crippen LogP contribution in [0.15, 0.2) is 103 Å². The van der Waals surface area contributed by atoms with E-state index in [0.717, 1.165) is 24.6 Å². The van der Waals surface area contributed by atoms with Crippen molar-refractivity contribution in [2.24, 2.45) is 0 Å². The zero-order valence-electron chi connectivity index (χ0n) is 24.2. The number of thiol groups is 2. The van der Waals surface area contributed by atoms with Crippen LogP contribution in [0.4, 0.5) is 11.4 Å². The zero-order chi connectivity index (χ0) is 29.0. The first kappa shape index (κ1) is 32.7. The molecule has 0 spiro atoms. The SMILES string of the molecule is CN(C)c1ccc(/C=C/C=C/C=C\C=[NH+]CCS)cc1.CN(C)c1ccc(/C=C/c2cccc[n+]2CCS)cc1. The molecule has 1 N–H and O–H groups in total. The molecule has 0 atom stereocenters. The van der Waals surface area contributed by atoms with Crippen molar-refractivity contribution < 1.29 is 9.56 Å². The van der Waals surface area contributed by atoms with Crippen LogP contribution in [0.5, 0.6) is 0 Å². The van der Waals surface area contributed by atoms with E-state index in [0.29, 0.717) is 0 Å². The molecule has 0 radical (unpaired) electrons. The van der Waals surface area contributed by atoms with Crippen LogP contribution in [0, 0.1) is 0 Å². The summed E-state index contributed by atoms with van der Waals surface area (Å²) in [7, 11) is 8.19. The van der Waals surface area contributed by atoms with Gasteiger partial charge in [0, 0.05) is 75.4 Å². The van der Waals surface area contributed by atoms with Gasteiger partial charge < -0.3 is 9.80 Å². The highest BCUT2D eigenvalue weighted by atomic mass is 32.1. The van der Waals surface area contributed by atoms with Gasteiger partial charge in [-0.2, -0.15) is 29.8 Å². The Morgan fingerprint density at radius 3 is 1.80 bits per heavy atom. The number of aromatic nitrogens is 1. The van der Waals surface area contributed by atoms with Crippen molar-refractivity contribution in [2.45, 2.75) is 6.54 Å². The molecule has 0 saturated heterocycles. The minimum Gasteiger partial charge on any atom is -0.378 e. The minimum absolute atomic E-state index is 0.840. The molecule has 0 saturated carbocycles. The molecule has 210 valence electrons. The third-order valence-corrected chi connectivity index (χ3v) is 6.21. The maximum Gasteiger partial charge on any atom is 0.205 e. The van der Waals surface area contributed by atoms with Gasteiger partial charge in [-0.05, 0) is 47.5 Å². The molecule has 0 fully saturated rings. The van der Waals surface area contributed by atoms with Crippen LogP contribution < -0.4 is 19.4 Å². The Morgan fingerprint density at radius 1 is 0.650 bits per heavy atom. The van der Waals surface area contributed by atoms with Crippen molar-refractivity contribution >= 4 is 61.1 Å². The number of nitrogens with zero attached hydrogens (tertiary/aromatic N) is 3. The van der Waals surface area contributed by atoms with Gasteiger partial charge in [-0.25, -0.2) is 4.99 Å². The normalized spacial score (nSPS) is 11.7. The summed E-state index contributed by atoms with van der Waals surface area (Å²) in [6.07, 6.45) is 20.4. The predicted octanol–water partition coefficient (Wildman–Crippen LogP) is 5.10. The summed E-state index contributed by atoms with van der Waals surface area (Å²) in [4.78, 5) is 7.32. The van der Waals surface area contributed by atoms with Gasteiger partial charge in [0.2, 0.25) is 5.69 Å². The highest BCUT2D eigenvalue weighted by molar-refractivity contribution is 7.80. The molecule has 1 heterocycles. The van der Waals surface area contributed by atoms with Crippen LogP contribution in [-0.2, 0) is 6.54 Å². The molecule has 40 heavy (non-hydrogen) atoms. The van der Waals surface area contributed by atoms with Crippen molar-refractivity contribution in [3.8, 4) is 0 Å². The van der Waals surface area contributed by atoms with Gasteiger partial charge in [0.05, 0.1) is 0 Å². The van der Waals surface area contributed by atoms with E-state index in [1.54, 1.807) is 0 Å². The van der Waals surface area contributed by atoms with Crippen molar-refractivity contribution in [2.75, 3.05) is 56.0 Å². The number of rotatable bonds is 12. The molecule has 2 aromatic carbocycles. The first-order chi connectivity index (χ1) is 19.4. The number of pyridine rings is 1. The summed E-state index contributed by atoms with van der Waals surface area (Å²) >= 11 is 8.41. The van der Waals surface area contributed by atoms with Crippen LogP contribution >= 0.6 is 25.3 Å². The van der Waals surface area contributed by atoms with Crippen LogP contribution in [0.3, 0.4) is 0 Å². The smallest absolute Gasteiger partial charge is 0.205 e. The summed E-state index contributed by atoms with van der Waals surface area (Å²) < 4.78 is 2.21. The first-order valence-electron chi connectivity index (χ1n) is 13.4. The lowest BCUT2D eigenvalue weighted by Crippen LogP contribution is -2.69. The molecule has 6 heteroatoms. The number of anilines is 2. The molecule has 0 unspecified atom stereocenters. The number of benzene rings is 2. The topological polar surface area (TPSA) is 24.3 Å². The van der Waals surface area contributed by atoms with Crippen LogP contribution in [0.25, 0.3) is 18.2 Å². The van der Waals surface area contributed by atoms with Crippen molar-refractivity contribution in [1.29, 1.82) is 0 Å². The van der Waals surface area contributed by atoms with Gasteiger partial charge >= 0.3 is 0 Å². The molecule has 0 bridgehead atoms. The second-order valence-corrected chi connectivity index (χ2v) is 10.2. The second kappa shape index (κ2) is 19.6. The van der Waals surface area contributed by atoms with Gasteiger partial charge in [-0.15, -0.1) is 0 Å². The van der Waals surface area contributed by atoms with Gasteiger partial charge in [0.1, 0.15) is 6.54 Å². The molecule has 0 amide bonds. The van der Waals surface area contributed by atoms with Crippen molar-refractivity contribution in [1.82, 2.24) is 0 Å². The lowest BCUT2D eigenvalue weighted by atomic mass is 10.1. The Balaban J connectivity index is 0.000000280. The Morgan fingerprint density at radius 2 is 1.23 bits per heavy atom. The van der Waals surface area contributed by atoms with E-state index >= 15 is 0 Å². The van der Waals surface area contributed by atoms with Crippen LogP contribution in [-0.4, -0.2) is 52.5 Å². The standard InChI is InChI=1S/C17H20N2S.C17H22N2S/c1-18(2)16-9-6-15(7-10-16)8-11-17-5-3-4-12-19(17)13-14-20;1-19(2)17-11-9-16(10-12-17)8-6-4-3-5-7-13-18-14-15-20/h3-12H,13-14H2,1-2H3;3-13,20H,14-15H2,1-2H3/p+2/b;4-3+,7-5-,8-6+,18-13?. The average Bonchev–Trinajstić information content (AvgIpc) is 2.97. The first-order valence-corrected chi connectivity index (χ1v) is 14.7. The molecular formula is C34H44N4S2+2. The zero-order valence-corrected chi connectivity index (χ0v) is 26.0. The maximum absolute atomic E-state index is 4.30. The fraction of sp³-hybridized carbons (Fsp3) is 0.235. The number of allylic oxidation sites excluding steroid dienone is 5. The molecule has 3 aromatic rings. The highest BCUT2D eigenvalue weighted by Crippen LogP contribution is 2.14. The lowest BCUT2D eigenvalue weighted by molar-refractivity contribution is -0.694. The van der Waals surface area contributed by atoms with E-state index in [-0.39, 0.29) is 0 Å². The molecular weight excluding hydrogens is 529 g/mol. The van der Waals surface area contributed by atoms with Gasteiger partial charge in [-0.3, -0.25) is 0 Å². The Bertz CT molecular complexity index is 1260. The van der Waals surface area contributed by atoms with E-state index in [9.17, 15) is 0 Å². The summed E-state index contributed by atoms with van der Waals surface area (Å²) in [5.74, 6) is 1.68. The lowest BCUT2D eigenvalue weighted by Gasteiger charge is -2.11. The van der Waals surface area contributed by atoms with Gasteiger partial charge in [0.15, 0.2) is 19.0 Å². The average molecular weight is 573 g/mol. The third-order valence-electron chi connectivity index (χ3n) is 5.79. The molecule has 1 aromatic heterocycles. The molecule has 0 aliphatic heterocycles. The summed E-state index contributed by atoms with van der Waals surface area (Å²) in [6, 6.07) is 23.2. The van der Waals surface area contributed by atoms with E-state index in [1.807, 2.05) is 56.8 Å². The van der Waals surface area contributed by atoms with Crippen molar-refractivity contribution in [3.63, 3.8) is 0 Å². The van der Waals surface area contributed by atoms with E-state index < -0.39 is 0 Å². The summed E-state index contributed by atoms with van der Waals surface area (Å²) in [5.41, 5.74) is 6.03. The summed E-state index contributed by atoms with van der Waals surface area (Å²) in [6.45, 7) is 1.81. The molecule has 3 rings (SSSR count). The number of hydrogen-bond acceptors (Lipinski definition) is 4. The quantitative estimate of drug-likeness (QED) is 0.122. The Labute approximate surface area is 252 Å². The summed E-state index contributed by atoms with van der Waals surface area (Å²) in [5, 5.41) is 0. The fourth-order valence-corrected chi connectivity index (χ4v) is 3.88. The minimum atomic E-state index is 0.840. The number of nitrogens with one attached hydrogen (secondary N) is 1. The Kier molecular flexibility index (Phi) is 16.0. The molecule has 4 nitrogen and oxygen atoms in total. The fourth-order valence-electron chi connectivity index (χ4n) is 3.53. The maximum atomic E-state index is 4.30. The van der Waals surface area contributed by atoms with E-state index in [4.69, 9.17) is 0 Å². The largest absolute Gasteiger partial charge is 0.378 e. The van der Waals surface area contributed by atoms with E-state index in [2.05, 4.69) is 144 Å². The molecule has 0 aliphatic carbocycles. The number of aryl methyl sites for hydroxylation is 1. The van der Waals surface area contributed by atoms with Crippen LogP contribution in [0.1, 0.15) is 16.8 Å². The van der Waals surface area contributed by atoms with Gasteiger partial charge in [0.25, 0.3) is 0 Å². The monoisotopic (exact) mass is 572 g/mol. The predicted molar refractivity (Wildman–Crippen MR) is 184 cm³/mol. The molecule has 0 aliphatic rings. The number of hydrogen-bond donors (Lipinski definition) is 3. The van der Waals surface area contributed by atoms with Crippen molar-refractivity contribution in [3.05, 3.63) is 120 Å². The second-order valence-electron chi connectivity index (χ2n) is 9.32. The third kappa shape index (κ3) is 13.0. The van der Waals surface area contributed by atoms with Crippen LogP contribution in [0.2, 0.25) is 0 Å². The Hall–Kier alpha value is -3.48.